The Bertz CT molecular complexity index is 390. The third-order valence-electron chi connectivity index (χ3n) is 2.47. The highest BCUT2D eigenvalue weighted by atomic mass is 16.5. The van der Waals surface area contributed by atoms with Crippen LogP contribution < -0.4 is 10.1 Å². The van der Waals surface area contributed by atoms with Crippen molar-refractivity contribution in [3.63, 3.8) is 0 Å². The SMILES string of the molecule is CCOC(=O)NCc1ccc2c(c1)CCO2. The van der Waals surface area contributed by atoms with Crippen LogP contribution in [0.15, 0.2) is 18.2 Å². The van der Waals surface area contributed by atoms with E-state index in [9.17, 15) is 4.79 Å². The summed E-state index contributed by atoms with van der Waals surface area (Å²) in [5, 5.41) is 2.69. The standard InChI is InChI=1S/C12H15NO3/c1-2-15-12(14)13-8-9-3-4-11-10(7-9)5-6-16-11/h3-4,7H,2,5-6,8H2,1H3,(H,13,14). The van der Waals surface area contributed by atoms with Gasteiger partial charge in [0.25, 0.3) is 0 Å². The molecule has 0 saturated heterocycles. The molecule has 0 atom stereocenters. The molecule has 1 aromatic rings. The number of hydrogen-bond donors (Lipinski definition) is 1. The lowest BCUT2D eigenvalue weighted by atomic mass is 10.1. The zero-order valence-corrected chi connectivity index (χ0v) is 9.29. The number of amides is 1. The highest BCUT2D eigenvalue weighted by Gasteiger charge is 2.12. The highest BCUT2D eigenvalue weighted by Crippen LogP contribution is 2.25. The van der Waals surface area contributed by atoms with E-state index >= 15 is 0 Å². The van der Waals surface area contributed by atoms with Gasteiger partial charge in [-0.3, -0.25) is 0 Å². The molecule has 16 heavy (non-hydrogen) atoms. The molecule has 1 heterocycles. The number of carbonyl (C=O) groups excluding carboxylic acids is 1. The molecular weight excluding hydrogens is 206 g/mol. The van der Waals surface area contributed by atoms with Crippen molar-refractivity contribution in [2.24, 2.45) is 0 Å². The van der Waals surface area contributed by atoms with Crippen molar-refractivity contribution in [1.82, 2.24) is 5.32 Å². The number of carbonyl (C=O) groups is 1. The first-order valence-corrected chi connectivity index (χ1v) is 5.45. The monoisotopic (exact) mass is 221 g/mol. The van der Waals surface area contributed by atoms with Crippen LogP contribution in [0.1, 0.15) is 18.1 Å². The Balaban J connectivity index is 1.93. The van der Waals surface area contributed by atoms with Gasteiger partial charge in [0, 0.05) is 13.0 Å². The lowest BCUT2D eigenvalue weighted by Gasteiger charge is -2.06. The molecule has 1 aliphatic heterocycles. The third kappa shape index (κ3) is 2.45. The number of hydrogen-bond acceptors (Lipinski definition) is 3. The van der Waals surface area contributed by atoms with E-state index in [0.29, 0.717) is 13.2 Å². The Morgan fingerprint density at radius 1 is 1.56 bits per heavy atom. The lowest BCUT2D eigenvalue weighted by Crippen LogP contribution is -2.23. The third-order valence-corrected chi connectivity index (χ3v) is 2.47. The van der Waals surface area contributed by atoms with Gasteiger partial charge < -0.3 is 14.8 Å². The van der Waals surface area contributed by atoms with Crippen LogP contribution in [0.3, 0.4) is 0 Å². The molecule has 0 fully saturated rings. The van der Waals surface area contributed by atoms with Crippen LogP contribution in [0.5, 0.6) is 5.75 Å². The minimum Gasteiger partial charge on any atom is -0.493 e. The molecule has 1 aromatic carbocycles. The second-order valence-corrected chi connectivity index (χ2v) is 3.61. The predicted octanol–water partition coefficient (Wildman–Crippen LogP) is 1.87. The van der Waals surface area contributed by atoms with Gasteiger partial charge in [-0.25, -0.2) is 4.79 Å². The van der Waals surface area contributed by atoms with E-state index in [1.807, 2.05) is 12.1 Å². The molecular formula is C12H15NO3. The van der Waals surface area contributed by atoms with Crippen molar-refractivity contribution >= 4 is 6.09 Å². The van der Waals surface area contributed by atoms with Crippen molar-refractivity contribution in [3.05, 3.63) is 29.3 Å². The van der Waals surface area contributed by atoms with Gasteiger partial charge in [-0.05, 0) is 24.1 Å². The second kappa shape index (κ2) is 4.88. The molecule has 1 N–H and O–H groups in total. The molecule has 4 nitrogen and oxygen atoms in total. The van der Waals surface area contributed by atoms with Crippen LogP contribution in [0.25, 0.3) is 0 Å². The molecule has 0 radical (unpaired) electrons. The Labute approximate surface area is 94.6 Å². The second-order valence-electron chi connectivity index (χ2n) is 3.61. The van der Waals surface area contributed by atoms with Gasteiger partial charge in [-0.15, -0.1) is 0 Å². The summed E-state index contributed by atoms with van der Waals surface area (Å²) in [7, 11) is 0. The summed E-state index contributed by atoms with van der Waals surface area (Å²) in [4.78, 5) is 11.1. The van der Waals surface area contributed by atoms with Crippen LogP contribution in [-0.2, 0) is 17.7 Å². The Hall–Kier alpha value is -1.71. The molecule has 2 rings (SSSR count). The molecule has 86 valence electrons. The molecule has 0 aliphatic carbocycles. The number of alkyl carbamates (subject to hydrolysis) is 1. The van der Waals surface area contributed by atoms with Crippen molar-refractivity contribution in [3.8, 4) is 5.75 Å². The fourth-order valence-electron chi connectivity index (χ4n) is 1.71. The minimum absolute atomic E-state index is 0.376. The van der Waals surface area contributed by atoms with Gasteiger partial charge in [0.2, 0.25) is 0 Å². The van der Waals surface area contributed by atoms with Crippen molar-refractivity contribution < 1.29 is 14.3 Å². The maximum Gasteiger partial charge on any atom is 0.407 e. The maximum atomic E-state index is 11.1. The van der Waals surface area contributed by atoms with Crippen LogP contribution in [-0.4, -0.2) is 19.3 Å². The molecule has 1 amide bonds. The average molecular weight is 221 g/mol. The van der Waals surface area contributed by atoms with E-state index in [2.05, 4.69) is 11.4 Å². The van der Waals surface area contributed by atoms with Gasteiger partial charge >= 0.3 is 6.09 Å². The predicted molar refractivity (Wildman–Crippen MR) is 59.5 cm³/mol. The smallest absolute Gasteiger partial charge is 0.407 e. The molecule has 0 spiro atoms. The minimum atomic E-state index is -0.376. The van der Waals surface area contributed by atoms with Crippen LogP contribution in [0.2, 0.25) is 0 Å². The Morgan fingerprint density at radius 3 is 3.25 bits per heavy atom. The average Bonchev–Trinajstić information content (AvgIpc) is 2.74. The van der Waals surface area contributed by atoms with E-state index in [1.165, 1.54) is 5.56 Å². The first kappa shape index (κ1) is 10.8. The summed E-state index contributed by atoms with van der Waals surface area (Å²) in [6.07, 6.45) is 0.571. The van der Waals surface area contributed by atoms with E-state index in [0.717, 1.165) is 24.3 Å². The van der Waals surface area contributed by atoms with Gasteiger partial charge in [0.05, 0.1) is 13.2 Å². The van der Waals surface area contributed by atoms with Crippen molar-refractivity contribution in [2.75, 3.05) is 13.2 Å². The first-order valence-electron chi connectivity index (χ1n) is 5.45. The van der Waals surface area contributed by atoms with Gasteiger partial charge in [-0.1, -0.05) is 12.1 Å². The van der Waals surface area contributed by atoms with Crippen LogP contribution in [0.4, 0.5) is 4.79 Å². The molecule has 0 bridgehead atoms. The van der Waals surface area contributed by atoms with Gasteiger partial charge in [-0.2, -0.15) is 0 Å². The summed E-state index contributed by atoms with van der Waals surface area (Å²) in [5.74, 6) is 0.958. The van der Waals surface area contributed by atoms with Crippen LogP contribution >= 0.6 is 0 Å². The van der Waals surface area contributed by atoms with Gasteiger partial charge in [0.15, 0.2) is 0 Å². The van der Waals surface area contributed by atoms with E-state index in [-0.39, 0.29) is 6.09 Å². The topological polar surface area (TPSA) is 47.6 Å². The van der Waals surface area contributed by atoms with Crippen molar-refractivity contribution in [2.45, 2.75) is 19.9 Å². The summed E-state index contributed by atoms with van der Waals surface area (Å²) >= 11 is 0. The fraction of sp³-hybridized carbons (Fsp3) is 0.417. The van der Waals surface area contributed by atoms with E-state index < -0.39 is 0 Å². The van der Waals surface area contributed by atoms with Crippen molar-refractivity contribution in [1.29, 1.82) is 0 Å². The maximum absolute atomic E-state index is 11.1. The number of nitrogens with one attached hydrogen (secondary N) is 1. The fourth-order valence-corrected chi connectivity index (χ4v) is 1.71. The van der Waals surface area contributed by atoms with Crippen LogP contribution in [0, 0.1) is 0 Å². The molecule has 0 aromatic heterocycles. The molecule has 0 saturated carbocycles. The Morgan fingerprint density at radius 2 is 2.44 bits per heavy atom. The van der Waals surface area contributed by atoms with E-state index in [4.69, 9.17) is 9.47 Å². The summed E-state index contributed by atoms with van der Waals surface area (Å²) < 4.78 is 10.2. The first-order chi connectivity index (χ1) is 7.79. The normalized spacial score (nSPS) is 12.8. The molecule has 4 heteroatoms. The summed E-state index contributed by atoms with van der Waals surface area (Å²) in [6.45, 7) is 3.42. The van der Waals surface area contributed by atoms with E-state index in [1.54, 1.807) is 6.92 Å². The lowest BCUT2D eigenvalue weighted by molar-refractivity contribution is 0.151. The quantitative estimate of drug-likeness (QED) is 0.847. The Kier molecular flexibility index (Phi) is 3.29. The highest BCUT2D eigenvalue weighted by molar-refractivity contribution is 5.67. The number of rotatable bonds is 3. The molecule has 0 unspecified atom stereocenters. The number of fused-ring (bicyclic) bond motifs is 1. The zero-order valence-electron chi connectivity index (χ0n) is 9.29. The summed E-state index contributed by atoms with van der Waals surface area (Å²) in [5.41, 5.74) is 2.28. The number of ether oxygens (including phenoxy) is 2. The number of benzene rings is 1. The molecule has 1 aliphatic rings. The summed E-state index contributed by atoms with van der Waals surface area (Å²) in [6, 6.07) is 5.97. The largest absolute Gasteiger partial charge is 0.493 e. The van der Waals surface area contributed by atoms with Gasteiger partial charge in [0.1, 0.15) is 5.75 Å². The zero-order chi connectivity index (χ0) is 11.4.